The monoisotopic (exact) mass is 322 g/mol. The predicted octanol–water partition coefficient (Wildman–Crippen LogP) is 3.82. The van der Waals surface area contributed by atoms with E-state index in [0.29, 0.717) is 16.4 Å². The van der Waals surface area contributed by atoms with Crippen LogP contribution in [0, 0.1) is 20.8 Å². The first-order valence-corrected chi connectivity index (χ1v) is 8.90. The van der Waals surface area contributed by atoms with E-state index in [-0.39, 0.29) is 0 Å². The maximum Gasteiger partial charge on any atom is 0.345 e. The van der Waals surface area contributed by atoms with Gasteiger partial charge in [-0.3, -0.25) is 4.21 Å². The van der Waals surface area contributed by atoms with Crippen molar-refractivity contribution in [2.75, 3.05) is 0 Å². The summed E-state index contributed by atoms with van der Waals surface area (Å²) in [6.07, 6.45) is 0. The Bertz CT molecular complexity index is 681. The molecule has 1 atom stereocenters. The molecule has 21 heavy (non-hydrogen) atoms. The van der Waals surface area contributed by atoms with Crippen molar-refractivity contribution in [3.8, 4) is 0 Å². The first-order valence-electron chi connectivity index (χ1n) is 6.60. The molecule has 5 heteroatoms. The molecule has 2 aromatic rings. The van der Waals surface area contributed by atoms with Crippen LogP contribution in [0.3, 0.4) is 0 Å². The molecule has 0 spiro atoms. The molecule has 1 aromatic heterocycles. The lowest BCUT2D eigenvalue weighted by molar-refractivity contribution is 0.0702. The molecule has 1 aromatic carbocycles. The molecule has 0 fully saturated rings. The summed E-state index contributed by atoms with van der Waals surface area (Å²) in [4.78, 5) is 12.2. The lowest BCUT2D eigenvalue weighted by Crippen LogP contribution is -2.00. The number of rotatable bonds is 5. The third-order valence-corrected chi connectivity index (χ3v) is 5.53. The molecule has 0 bridgehead atoms. The topological polar surface area (TPSA) is 54.4 Å². The minimum atomic E-state index is -1.03. The molecule has 1 N–H and O–H groups in total. The van der Waals surface area contributed by atoms with Gasteiger partial charge in [0.05, 0.1) is 0 Å². The summed E-state index contributed by atoms with van der Waals surface area (Å²) < 4.78 is 12.3. The van der Waals surface area contributed by atoms with Gasteiger partial charge in [-0.05, 0) is 38.0 Å². The molecule has 0 aliphatic heterocycles. The largest absolute Gasteiger partial charge is 0.477 e. The molecule has 0 amide bonds. The first-order chi connectivity index (χ1) is 9.85. The van der Waals surface area contributed by atoms with Crippen LogP contribution in [0.4, 0.5) is 0 Å². The lowest BCUT2D eigenvalue weighted by Gasteiger charge is -2.05. The van der Waals surface area contributed by atoms with Gasteiger partial charge in [0.15, 0.2) is 0 Å². The van der Waals surface area contributed by atoms with Crippen LogP contribution < -0.4 is 0 Å². The van der Waals surface area contributed by atoms with E-state index in [1.54, 1.807) is 6.07 Å². The number of carboxylic acids is 1. The Balaban J connectivity index is 2.09. The van der Waals surface area contributed by atoms with E-state index in [1.165, 1.54) is 22.5 Å². The minimum Gasteiger partial charge on any atom is -0.477 e. The number of aromatic carboxylic acids is 1. The Morgan fingerprint density at radius 1 is 1.10 bits per heavy atom. The molecule has 1 heterocycles. The van der Waals surface area contributed by atoms with Crippen molar-refractivity contribution in [2.24, 2.45) is 0 Å². The Labute approximate surface area is 131 Å². The summed E-state index contributed by atoms with van der Waals surface area (Å²) in [5.74, 6) is -0.0162. The summed E-state index contributed by atoms with van der Waals surface area (Å²) in [6, 6.07) is 7.83. The van der Waals surface area contributed by atoms with Crippen molar-refractivity contribution >= 4 is 28.1 Å². The fourth-order valence-corrected chi connectivity index (χ4v) is 4.59. The van der Waals surface area contributed by atoms with Crippen LogP contribution in [0.15, 0.2) is 24.3 Å². The van der Waals surface area contributed by atoms with Gasteiger partial charge in [-0.25, -0.2) is 4.79 Å². The Kier molecular flexibility index (Phi) is 4.96. The van der Waals surface area contributed by atoms with Gasteiger partial charge >= 0.3 is 5.97 Å². The van der Waals surface area contributed by atoms with E-state index >= 15 is 0 Å². The highest BCUT2D eigenvalue weighted by molar-refractivity contribution is 7.83. The fourth-order valence-electron chi connectivity index (χ4n) is 2.33. The third kappa shape index (κ3) is 4.25. The Morgan fingerprint density at radius 3 is 2.24 bits per heavy atom. The quantitative estimate of drug-likeness (QED) is 0.910. The number of hydrogen-bond donors (Lipinski definition) is 1. The highest BCUT2D eigenvalue weighted by Crippen LogP contribution is 2.23. The smallest absolute Gasteiger partial charge is 0.345 e. The second-order valence-corrected chi connectivity index (χ2v) is 7.94. The molecule has 2 rings (SSSR count). The van der Waals surface area contributed by atoms with Crippen LogP contribution in [0.5, 0.6) is 0 Å². The van der Waals surface area contributed by atoms with Crippen LogP contribution in [0.2, 0.25) is 0 Å². The van der Waals surface area contributed by atoms with Gasteiger partial charge in [-0.1, -0.05) is 29.3 Å². The standard InChI is InChI=1S/C16H18O3S2/c1-10-4-11(2)6-13(5-10)8-21(19)9-14-7-15(16(17)18)20-12(14)3/h4-7H,8-9H2,1-3H3,(H,17,18). The molecule has 112 valence electrons. The summed E-state index contributed by atoms with van der Waals surface area (Å²) >= 11 is 1.24. The van der Waals surface area contributed by atoms with Crippen molar-refractivity contribution in [2.45, 2.75) is 32.3 Å². The zero-order valence-electron chi connectivity index (χ0n) is 12.3. The summed E-state index contributed by atoms with van der Waals surface area (Å²) in [5, 5.41) is 8.99. The zero-order valence-corrected chi connectivity index (χ0v) is 13.9. The zero-order chi connectivity index (χ0) is 15.6. The van der Waals surface area contributed by atoms with Crippen LogP contribution in [-0.4, -0.2) is 15.3 Å². The summed E-state index contributed by atoms with van der Waals surface area (Å²) in [7, 11) is -1.03. The van der Waals surface area contributed by atoms with Gasteiger partial charge in [0, 0.05) is 27.2 Å². The van der Waals surface area contributed by atoms with Gasteiger partial charge in [0.25, 0.3) is 0 Å². The second kappa shape index (κ2) is 6.54. The Morgan fingerprint density at radius 2 is 1.71 bits per heavy atom. The molecule has 3 nitrogen and oxygen atoms in total. The van der Waals surface area contributed by atoms with Gasteiger partial charge in [0.1, 0.15) is 4.88 Å². The van der Waals surface area contributed by atoms with E-state index in [0.717, 1.165) is 16.0 Å². The average molecular weight is 322 g/mol. The number of thiophene rings is 1. The predicted molar refractivity (Wildman–Crippen MR) is 87.5 cm³/mol. The molecule has 1 unspecified atom stereocenters. The maximum atomic E-state index is 12.3. The van der Waals surface area contributed by atoms with Crippen LogP contribution >= 0.6 is 11.3 Å². The number of aryl methyl sites for hydroxylation is 3. The van der Waals surface area contributed by atoms with Crippen molar-refractivity contribution in [1.82, 2.24) is 0 Å². The molecule has 0 saturated heterocycles. The Hall–Kier alpha value is -1.46. The fraction of sp³-hybridized carbons (Fsp3) is 0.312. The van der Waals surface area contributed by atoms with E-state index in [9.17, 15) is 9.00 Å². The van der Waals surface area contributed by atoms with E-state index in [4.69, 9.17) is 5.11 Å². The lowest BCUT2D eigenvalue weighted by atomic mass is 10.1. The van der Waals surface area contributed by atoms with Gasteiger partial charge < -0.3 is 5.11 Å². The van der Waals surface area contributed by atoms with Crippen LogP contribution in [0.25, 0.3) is 0 Å². The molecule has 0 aliphatic carbocycles. The van der Waals surface area contributed by atoms with Gasteiger partial charge in [-0.15, -0.1) is 11.3 Å². The van der Waals surface area contributed by atoms with Crippen molar-refractivity contribution < 1.29 is 14.1 Å². The number of carbonyl (C=O) groups is 1. The van der Waals surface area contributed by atoms with E-state index in [2.05, 4.69) is 6.07 Å². The highest BCUT2D eigenvalue weighted by atomic mass is 32.2. The van der Waals surface area contributed by atoms with Crippen molar-refractivity contribution in [3.05, 3.63) is 56.3 Å². The van der Waals surface area contributed by atoms with Gasteiger partial charge in [-0.2, -0.15) is 0 Å². The molecule has 0 radical (unpaired) electrons. The number of hydrogen-bond acceptors (Lipinski definition) is 3. The number of carboxylic acid groups (broad SMARTS) is 1. The SMILES string of the molecule is Cc1cc(C)cc(CS(=O)Cc2cc(C(=O)O)sc2C)c1. The molecular formula is C16H18O3S2. The van der Waals surface area contributed by atoms with Crippen LogP contribution in [-0.2, 0) is 22.3 Å². The van der Waals surface area contributed by atoms with E-state index in [1.807, 2.05) is 32.9 Å². The molecule has 0 saturated carbocycles. The number of benzene rings is 1. The maximum absolute atomic E-state index is 12.3. The molecule has 0 aliphatic rings. The first kappa shape index (κ1) is 15.9. The van der Waals surface area contributed by atoms with E-state index < -0.39 is 16.8 Å². The minimum absolute atomic E-state index is 0.311. The normalized spacial score (nSPS) is 12.3. The van der Waals surface area contributed by atoms with Crippen molar-refractivity contribution in [3.63, 3.8) is 0 Å². The molecular weight excluding hydrogens is 304 g/mol. The van der Waals surface area contributed by atoms with Gasteiger partial charge in [0.2, 0.25) is 0 Å². The highest BCUT2D eigenvalue weighted by Gasteiger charge is 2.13. The third-order valence-electron chi connectivity index (χ3n) is 3.16. The summed E-state index contributed by atoms with van der Waals surface area (Å²) in [5.41, 5.74) is 4.28. The second-order valence-electron chi connectivity index (χ2n) is 5.22. The summed E-state index contributed by atoms with van der Waals surface area (Å²) in [6.45, 7) is 5.93. The van der Waals surface area contributed by atoms with Crippen LogP contribution in [0.1, 0.15) is 36.8 Å². The average Bonchev–Trinajstić information content (AvgIpc) is 2.69. The van der Waals surface area contributed by atoms with Crippen molar-refractivity contribution in [1.29, 1.82) is 0 Å².